The van der Waals surface area contributed by atoms with E-state index in [4.69, 9.17) is 4.74 Å². The Labute approximate surface area is 187 Å². The SMILES string of the molecule is Cc1cc(C)nc(N2C[C@H]3CN(C(=O)C4C(C5NC=CO5)=CN5C=CC=CC45)C[C@H]3C2)n1. The van der Waals surface area contributed by atoms with Crippen LogP contribution in [0.15, 0.2) is 54.7 Å². The largest absolute Gasteiger partial charge is 0.473 e. The lowest BCUT2D eigenvalue weighted by atomic mass is 9.91. The van der Waals surface area contributed by atoms with Gasteiger partial charge in [0.15, 0.2) is 6.23 Å². The van der Waals surface area contributed by atoms with Crippen molar-refractivity contribution in [3.63, 3.8) is 0 Å². The molecule has 3 unspecified atom stereocenters. The second-order valence-corrected chi connectivity index (χ2v) is 9.38. The maximum atomic E-state index is 13.8. The van der Waals surface area contributed by atoms with E-state index in [1.807, 2.05) is 38.3 Å². The minimum absolute atomic E-state index is 0.00843. The van der Waals surface area contributed by atoms with E-state index in [0.29, 0.717) is 11.8 Å². The summed E-state index contributed by atoms with van der Waals surface area (Å²) in [6, 6.07) is 2.01. The van der Waals surface area contributed by atoms with E-state index in [0.717, 1.165) is 49.1 Å². The monoisotopic (exact) mass is 432 g/mol. The minimum Gasteiger partial charge on any atom is -0.473 e. The van der Waals surface area contributed by atoms with Gasteiger partial charge in [0.05, 0.1) is 12.0 Å². The molecule has 0 aliphatic carbocycles. The van der Waals surface area contributed by atoms with Crippen LogP contribution in [-0.4, -0.2) is 64.1 Å². The van der Waals surface area contributed by atoms with Crippen molar-refractivity contribution in [1.82, 2.24) is 25.1 Å². The van der Waals surface area contributed by atoms with Crippen molar-refractivity contribution in [3.8, 4) is 0 Å². The van der Waals surface area contributed by atoms with Crippen LogP contribution >= 0.6 is 0 Å². The van der Waals surface area contributed by atoms with Crippen molar-refractivity contribution in [1.29, 1.82) is 0 Å². The summed E-state index contributed by atoms with van der Waals surface area (Å²) in [7, 11) is 0. The molecule has 1 amide bonds. The van der Waals surface area contributed by atoms with Crippen LogP contribution in [-0.2, 0) is 9.53 Å². The Morgan fingerprint density at radius 1 is 1.09 bits per heavy atom. The van der Waals surface area contributed by atoms with Gasteiger partial charge in [-0.2, -0.15) is 0 Å². The highest BCUT2D eigenvalue weighted by Gasteiger charge is 2.48. The minimum atomic E-state index is -0.282. The predicted octanol–water partition coefficient (Wildman–Crippen LogP) is 1.67. The van der Waals surface area contributed by atoms with Gasteiger partial charge in [-0.15, -0.1) is 0 Å². The van der Waals surface area contributed by atoms with Crippen molar-refractivity contribution >= 4 is 11.9 Å². The maximum Gasteiger partial charge on any atom is 0.232 e. The quantitative estimate of drug-likeness (QED) is 0.779. The van der Waals surface area contributed by atoms with Crippen molar-refractivity contribution < 1.29 is 9.53 Å². The summed E-state index contributed by atoms with van der Waals surface area (Å²) in [5.41, 5.74) is 2.99. The van der Waals surface area contributed by atoms with E-state index < -0.39 is 0 Å². The van der Waals surface area contributed by atoms with Gasteiger partial charge in [-0.25, -0.2) is 9.97 Å². The summed E-state index contributed by atoms with van der Waals surface area (Å²) in [6.45, 7) is 7.41. The molecule has 1 N–H and O–H groups in total. The number of likely N-dealkylation sites (tertiary alicyclic amines) is 1. The number of anilines is 1. The molecule has 6 heterocycles. The lowest BCUT2D eigenvalue weighted by Crippen LogP contribution is -2.45. The molecule has 0 saturated carbocycles. The Balaban J connectivity index is 1.17. The Morgan fingerprint density at radius 2 is 1.84 bits per heavy atom. The number of nitrogens with zero attached hydrogens (tertiary/aromatic N) is 5. The first-order chi connectivity index (χ1) is 15.6. The number of aryl methyl sites for hydroxylation is 2. The van der Waals surface area contributed by atoms with Gasteiger partial charge in [0.2, 0.25) is 11.9 Å². The number of amides is 1. The molecule has 5 aliphatic heterocycles. The molecule has 0 bridgehead atoms. The predicted molar refractivity (Wildman–Crippen MR) is 120 cm³/mol. The Kier molecular flexibility index (Phi) is 4.48. The molecule has 1 aromatic rings. The summed E-state index contributed by atoms with van der Waals surface area (Å²) in [6.07, 6.45) is 13.4. The standard InChI is InChI=1S/C24H28N6O2/c1-15-9-16(2)27-24(26-15)30-12-17-10-29(11-18(17)13-30)23(31)21-19(22-25-6-8-32-22)14-28-7-4-3-5-20(21)28/h3-9,14,17-18,20-22,25H,10-13H2,1-2H3/t17-,18+,20?,21?,22?. The number of hydrogen-bond donors (Lipinski definition) is 1. The number of carbonyl (C=O) groups is 1. The molecular formula is C24H28N6O2. The average molecular weight is 433 g/mol. The van der Waals surface area contributed by atoms with Crippen LogP contribution in [0.25, 0.3) is 0 Å². The van der Waals surface area contributed by atoms with E-state index in [9.17, 15) is 4.79 Å². The van der Waals surface area contributed by atoms with Gasteiger partial charge in [0.25, 0.3) is 0 Å². The van der Waals surface area contributed by atoms with E-state index >= 15 is 0 Å². The number of allylic oxidation sites excluding steroid dienone is 2. The topological polar surface area (TPSA) is 73.8 Å². The second kappa shape index (κ2) is 7.39. The molecule has 8 heteroatoms. The third-order valence-electron chi connectivity index (χ3n) is 7.17. The van der Waals surface area contributed by atoms with Crippen LogP contribution in [0.4, 0.5) is 5.95 Å². The van der Waals surface area contributed by atoms with Gasteiger partial charge < -0.3 is 24.8 Å². The van der Waals surface area contributed by atoms with Crippen LogP contribution in [0, 0.1) is 31.6 Å². The fourth-order valence-corrected chi connectivity index (χ4v) is 5.75. The van der Waals surface area contributed by atoms with Crippen molar-refractivity contribution in [2.75, 3.05) is 31.1 Å². The molecule has 2 fully saturated rings. The van der Waals surface area contributed by atoms with Gasteiger partial charge in [-0.05, 0) is 26.0 Å². The summed E-state index contributed by atoms with van der Waals surface area (Å²) in [4.78, 5) is 29.6. The molecule has 5 aliphatic rings. The average Bonchev–Trinajstić information content (AvgIpc) is 3.54. The lowest BCUT2D eigenvalue weighted by molar-refractivity contribution is -0.134. The van der Waals surface area contributed by atoms with Crippen molar-refractivity contribution in [2.24, 2.45) is 17.8 Å². The van der Waals surface area contributed by atoms with Crippen LogP contribution < -0.4 is 10.2 Å². The lowest BCUT2D eigenvalue weighted by Gasteiger charge is -2.31. The van der Waals surface area contributed by atoms with E-state index in [2.05, 4.69) is 42.3 Å². The number of nitrogens with one attached hydrogen (secondary N) is 1. The van der Waals surface area contributed by atoms with Gasteiger partial charge in [0.1, 0.15) is 6.26 Å². The second-order valence-electron chi connectivity index (χ2n) is 9.38. The van der Waals surface area contributed by atoms with E-state index in [1.165, 1.54) is 0 Å². The molecule has 0 aromatic carbocycles. The van der Waals surface area contributed by atoms with Crippen molar-refractivity contribution in [2.45, 2.75) is 26.1 Å². The van der Waals surface area contributed by atoms with Crippen LogP contribution in [0.3, 0.4) is 0 Å². The Hall–Kier alpha value is -3.29. The first kappa shape index (κ1) is 19.4. The van der Waals surface area contributed by atoms with Crippen LogP contribution in [0.5, 0.6) is 0 Å². The zero-order valence-electron chi connectivity index (χ0n) is 18.4. The smallest absolute Gasteiger partial charge is 0.232 e. The van der Waals surface area contributed by atoms with Gasteiger partial charge in [0, 0.05) is 73.6 Å². The molecule has 32 heavy (non-hydrogen) atoms. The summed E-state index contributed by atoms with van der Waals surface area (Å²) < 4.78 is 5.72. The number of rotatable bonds is 3. The maximum absolute atomic E-state index is 13.8. The highest BCUT2D eigenvalue weighted by Crippen LogP contribution is 2.39. The third-order valence-corrected chi connectivity index (χ3v) is 7.17. The molecule has 5 atom stereocenters. The molecule has 0 spiro atoms. The third kappa shape index (κ3) is 3.16. The highest BCUT2D eigenvalue weighted by atomic mass is 16.5. The van der Waals surface area contributed by atoms with Gasteiger partial charge in [-0.3, -0.25) is 4.79 Å². The fraction of sp³-hybridized carbons (Fsp3) is 0.458. The van der Waals surface area contributed by atoms with Gasteiger partial charge in [-0.1, -0.05) is 12.2 Å². The summed E-state index contributed by atoms with van der Waals surface area (Å²) in [5.74, 6) is 1.69. The molecule has 1 aromatic heterocycles. The number of carbonyl (C=O) groups excluding carboxylic acids is 1. The van der Waals surface area contributed by atoms with Gasteiger partial charge >= 0.3 is 0 Å². The van der Waals surface area contributed by atoms with Crippen LogP contribution in [0.1, 0.15) is 11.4 Å². The van der Waals surface area contributed by atoms with Crippen molar-refractivity contribution in [3.05, 3.63) is 66.1 Å². The zero-order chi connectivity index (χ0) is 21.8. The normalized spacial score (nSPS) is 32.1. The summed E-state index contributed by atoms with van der Waals surface area (Å²) in [5, 5.41) is 3.22. The first-order valence-electron chi connectivity index (χ1n) is 11.3. The molecule has 166 valence electrons. The fourth-order valence-electron chi connectivity index (χ4n) is 5.75. The Morgan fingerprint density at radius 3 is 2.53 bits per heavy atom. The number of hydrogen-bond acceptors (Lipinski definition) is 7. The van der Waals surface area contributed by atoms with E-state index in [1.54, 1.807) is 12.5 Å². The molecular weight excluding hydrogens is 404 g/mol. The molecule has 0 radical (unpaired) electrons. The van der Waals surface area contributed by atoms with E-state index in [-0.39, 0.29) is 24.1 Å². The highest BCUT2D eigenvalue weighted by molar-refractivity contribution is 5.84. The number of aromatic nitrogens is 2. The molecule has 2 saturated heterocycles. The zero-order valence-corrected chi connectivity index (χ0v) is 18.4. The first-order valence-corrected chi connectivity index (χ1v) is 11.3. The number of fused-ring (bicyclic) bond motifs is 2. The number of ether oxygens (including phenoxy) is 1. The molecule has 6 rings (SSSR count). The molecule has 8 nitrogen and oxygen atoms in total. The van der Waals surface area contributed by atoms with Crippen LogP contribution in [0.2, 0.25) is 0 Å². The summed E-state index contributed by atoms with van der Waals surface area (Å²) >= 11 is 0. The Bertz CT molecular complexity index is 1020.